The van der Waals surface area contributed by atoms with Gasteiger partial charge < -0.3 is 87.3 Å². The van der Waals surface area contributed by atoms with Crippen molar-refractivity contribution in [1.82, 2.24) is 15.5 Å². The van der Waals surface area contributed by atoms with E-state index in [1.165, 1.54) is 33.1 Å². The molecule has 22 heteroatoms. The molecule has 6 unspecified atom stereocenters. The monoisotopic (exact) mass is 933 g/mol. The molecule has 22 nitrogen and oxygen atoms in total. The molecule has 2 amide bonds. The number of Topliss-reactive ketones (excluding diaryl/α,β-unsaturated/α-hetero) is 1. The first-order chi connectivity index (χ1) is 31.9. The second-order valence-electron chi connectivity index (χ2n) is 16.2. The molecule has 10 atom stereocenters. The van der Waals surface area contributed by atoms with E-state index < -0.39 is 72.9 Å². The van der Waals surface area contributed by atoms with Crippen LogP contribution in [0.3, 0.4) is 0 Å². The summed E-state index contributed by atoms with van der Waals surface area (Å²) in [6.07, 6.45) is -7.95. The summed E-state index contributed by atoms with van der Waals surface area (Å²) in [6, 6.07) is 6.88. The third-order valence-corrected chi connectivity index (χ3v) is 11.8. The summed E-state index contributed by atoms with van der Waals surface area (Å²) in [4.78, 5) is 51.7. The predicted molar refractivity (Wildman–Crippen MR) is 224 cm³/mol. The Bertz CT molecular complexity index is 2000. The molecule has 0 radical (unpaired) electrons. The van der Waals surface area contributed by atoms with E-state index in [1.54, 1.807) is 31.2 Å². The number of nitrogens with zero attached hydrogens (tertiary/aromatic N) is 1. The second-order valence-corrected chi connectivity index (χ2v) is 16.2. The number of fused-ring (bicyclic) bond motifs is 4. The fourth-order valence-corrected chi connectivity index (χ4v) is 8.53. The van der Waals surface area contributed by atoms with E-state index in [4.69, 9.17) is 61.6 Å². The lowest BCUT2D eigenvalue weighted by Gasteiger charge is -2.47. The molecule has 1 aliphatic carbocycles. The number of rotatable bonds is 22. The molecule has 3 fully saturated rings. The van der Waals surface area contributed by atoms with E-state index in [2.05, 4.69) is 10.6 Å². The van der Waals surface area contributed by atoms with Crippen LogP contribution in [0, 0.1) is 11.8 Å². The molecule has 5 aliphatic rings. The van der Waals surface area contributed by atoms with Crippen molar-refractivity contribution in [3.8, 4) is 28.7 Å². The maximum absolute atomic E-state index is 13.8. The van der Waals surface area contributed by atoms with Crippen LogP contribution in [0.1, 0.15) is 42.6 Å². The number of esters is 1. The molecule has 7 rings (SSSR count). The zero-order valence-corrected chi connectivity index (χ0v) is 37.6. The topological polar surface area (TPSA) is 256 Å². The third kappa shape index (κ3) is 11.4. The molecule has 2 aromatic rings. The lowest BCUT2D eigenvalue weighted by atomic mass is 9.66. The summed E-state index contributed by atoms with van der Waals surface area (Å²) >= 11 is 0. The standard InChI is InChI=1S/C44H59N3O19/c1-23(48)46-7-9-56-10-11-57-12-13-58-19-26(49)18-45-6-8-47(3)44(53)66-40-32(54-4)14-25(15-33(40)55-5)35-27-16-30-31(62-22-61-30)17-28(27)39(29-20-60-42(52)36(29)35)65-43-38(51)37(50)41-34(64-43)21-59-24(2)63-41/h14-17,24,29,34-39,41,43,45,50-51H,6-13,18-22H2,1-5H3,(H,46,48)/t24?,29-,34?,35+,36-,37?,38?,39+,41?,43?/m1/s1. The predicted octanol–water partition coefficient (Wildman–Crippen LogP) is 0.408. The molecule has 3 saturated heterocycles. The summed E-state index contributed by atoms with van der Waals surface area (Å²) in [5, 5.41) is 28.0. The number of hydrogen-bond donors (Lipinski definition) is 4. The average Bonchev–Trinajstić information content (AvgIpc) is 3.93. The summed E-state index contributed by atoms with van der Waals surface area (Å²) in [7, 11) is 4.36. The summed E-state index contributed by atoms with van der Waals surface area (Å²) in [5.74, 6) is -1.75. The van der Waals surface area contributed by atoms with Gasteiger partial charge in [0.2, 0.25) is 18.4 Å². The van der Waals surface area contributed by atoms with Gasteiger partial charge in [-0.3, -0.25) is 14.4 Å². The zero-order chi connectivity index (χ0) is 46.9. The van der Waals surface area contributed by atoms with Crippen LogP contribution in [0.4, 0.5) is 4.79 Å². The van der Waals surface area contributed by atoms with Gasteiger partial charge in [0, 0.05) is 45.4 Å². The van der Waals surface area contributed by atoms with Gasteiger partial charge in [-0.1, -0.05) is 0 Å². The Morgan fingerprint density at radius 1 is 0.848 bits per heavy atom. The Kier molecular flexibility index (Phi) is 16.9. The van der Waals surface area contributed by atoms with Gasteiger partial charge in [0.1, 0.15) is 31.0 Å². The van der Waals surface area contributed by atoms with Crippen molar-refractivity contribution in [3.63, 3.8) is 0 Å². The van der Waals surface area contributed by atoms with Gasteiger partial charge in [0.25, 0.3) is 0 Å². The minimum absolute atomic E-state index is 0.00167. The van der Waals surface area contributed by atoms with Gasteiger partial charge in [-0.2, -0.15) is 0 Å². The van der Waals surface area contributed by atoms with Crippen LogP contribution in [0.15, 0.2) is 24.3 Å². The van der Waals surface area contributed by atoms with Crippen LogP contribution in [-0.2, 0) is 52.3 Å². The highest BCUT2D eigenvalue weighted by molar-refractivity contribution is 5.82. The Morgan fingerprint density at radius 3 is 2.23 bits per heavy atom. The third-order valence-electron chi connectivity index (χ3n) is 11.8. The average molecular weight is 934 g/mol. The molecule has 0 aromatic heterocycles. The molecule has 4 aliphatic heterocycles. The molecule has 4 N–H and O–H groups in total. The second kappa shape index (κ2) is 22.7. The van der Waals surface area contributed by atoms with Crippen molar-refractivity contribution in [2.45, 2.75) is 62.9 Å². The first-order valence-electron chi connectivity index (χ1n) is 21.8. The minimum Gasteiger partial charge on any atom is -0.493 e. The first-order valence-corrected chi connectivity index (χ1v) is 21.8. The van der Waals surface area contributed by atoms with Crippen LogP contribution >= 0.6 is 0 Å². The van der Waals surface area contributed by atoms with E-state index in [-0.39, 0.29) is 88.4 Å². The van der Waals surface area contributed by atoms with Crippen LogP contribution in [-0.4, -0.2) is 183 Å². The maximum atomic E-state index is 13.8. The largest absolute Gasteiger partial charge is 0.493 e. The smallest absolute Gasteiger partial charge is 0.415 e. The molecular weight excluding hydrogens is 874 g/mol. The minimum atomic E-state index is -1.50. The number of aliphatic hydroxyl groups excluding tert-OH is 2. The SMILES string of the molecule is COc1cc([C@H]2c3cc4c(cc3[C@H](OC3OC5COC(C)OC5C(O)C3O)[C@@H]3COC(=O)[C@@H]23)OCO4)cc(OC)c1OC(=O)N(C)CCNCC(=O)COCCOCCOCCNC(C)=O. The molecule has 2 aromatic carbocycles. The number of aliphatic hydroxyl groups is 2. The van der Waals surface area contributed by atoms with Crippen molar-refractivity contribution in [3.05, 3.63) is 41.0 Å². The number of cyclic esters (lactones) is 1. The van der Waals surface area contributed by atoms with Crippen molar-refractivity contribution >= 4 is 23.8 Å². The van der Waals surface area contributed by atoms with Crippen molar-refractivity contribution in [1.29, 1.82) is 0 Å². The van der Waals surface area contributed by atoms with Crippen LogP contribution in [0.25, 0.3) is 0 Å². The number of ketones is 1. The lowest BCUT2D eigenvalue weighted by Crippen LogP contribution is -2.63. The highest BCUT2D eigenvalue weighted by Crippen LogP contribution is 2.57. The quantitative estimate of drug-likeness (QED) is 0.0921. The number of likely N-dealkylation sites (N-methyl/N-ethyl adjacent to an activating group) is 1. The highest BCUT2D eigenvalue weighted by Gasteiger charge is 2.56. The first kappa shape index (κ1) is 49.0. The summed E-state index contributed by atoms with van der Waals surface area (Å²) < 4.78 is 74.8. The number of amides is 2. The van der Waals surface area contributed by atoms with Gasteiger partial charge in [-0.15, -0.1) is 0 Å². The molecule has 364 valence electrons. The van der Waals surface area contributed by atoms with Gasteiger partial charge in [-0.25, -0.2) is 4.79 Å². The number of carbonyl (C=O) groups excluding carboxylic acids is 4. The van der Waals surface area contributed by atoms with E-state index in [1.807, 2.05) is 0 Å². The van der Waals surface area contributed by atoms with Gasteiger partial charge >= 0.3 is 12.1 Å². The lowest BCUT2D eigenvalue weighted by molar-refractivity contribution is -0.364. The normalized spacial score (nSPS) is 27.2. The van der Waals surface area contributed by atoms with Gasteiger partial charge in [0.05, 0.1) is 79.0 Å². The van der Waals surface area contributed by atoms with E-state index >= 15 is 0 Å². The van der Waals surface area contributed by atoms with Crippen molar-refractivity contribution in [2.75, 3.05) is 107 Å². The molecule has 4 heterocycles. The summed E-state index contributed by atoms with van der Waals surface area (Å²) in [6.45, 7) is 5.60. The van der Waals surface area contributed by atoms with Gasteiger partial charge in [0.15, 0.2) is 41.4 Å². The van der Waals surface area contributed by atoms with E-state index in [9.17, 15) is 29.4 Å². The Hall–Kier alpha value is -4.88. The maximum Gasteiger partial charge on any atom is 0.415 e. The highest BCUT2D eigenvalue weighted by atomic mass is 16.8. The fourth-order valence-electron chi connectivity index (χ4n) is 8.53. The number of ether oxygens (including phenoxy) is 13. The Morgan fingerprint density at radius 2 is 1.53 bits per heavy atom. The van der Waals surface area contributed by atoms with E-state index in [0.29, 0.717) is 54.6 Å². The van der Waals surface area contributed by atoms with Crippen molar-refractivity contribution < 1.29 is 91.0 Å². The number of hydrogen-bond acceptors (Lipinski definition) is 20. The van der Waals surface area contributed by atoms with Crippen LogP contribution < -0.4 is 34.3 Å². The Balaban J connectivity index is 0.977. The number of benzene rings is 2. The summed E-state index contributed by atoms with van der Waals surface area (Å²) in [5.41, 5.74) is 1.80. The molecule has 0 bridgehead atoms. The number of nitrogens with one attached hydrogen (secondary N) is 2. The molecule has 0 spiro atoms. The molecular formula is C44H59N3O19. The van der Waals surface area contributed by atoms with Crippen molar-refractivity contribution in [2.24, 2.45) is 11.8 Å². The number of carbonyl (C=O) groups is 4. The zero-order valence-electron chi connectivity index (χ0n) is 37.6. The molecule has 0 saturated carbocycles. The number of methoxy groups -OCH3 is 2. The Labute approximate surface area is 381 Å². The fraction of sp³-hybridized carbons (Fsp3) is 0.636. The molecule has 66 heavy (non-hydrogen) atoms. The van der Waals surface area contributed by atoms with Crippen LogP contribution in [0.2, 0.25) is 0 Å². The van der Waals surface area contributed by atoms with Crippen LogP contribution in [0.5, 0.6) is 28.7 Å². The van der Waals surface area contributed by atoms with E-state index in [0.717, 1.165) is 0 Å². The van der Waals surface area contributed by atoms with Gasteiger partial charge in [-0.05, 0) is 47.9 Å².